The first-order valence-electron chi connectivity index (χ1n) is 8.23. The fourth-order valence-electron chi connectivity index (χ4n) is 3.25. The molecule has 1 fully saturated rings. The second-order valence-electron chi connectivity index (χ2n) is 6.33. The Kier molecular flexibility index (Phi) is 4.03. The van der Waals surface area contributed by atoms with Gasteiger partial charge in [0.25, 0.3) is 0 Å². The summed E-state index contributed by atoms with van der Waals surface area (Å²) >= 11 is 0. The van der Waals surface area contributed by atoms with Gasteiger partial charge in [-0.3, -0.25) is 9.88 Å². The summed E-state index contributed by atoms with van der Waals surface area (Å²) in [6, 6.07) is 0. The Morgan fingerprint density at radius 2 is 2.21 bits per heavy atom. The van der Waals surface area contributed by atoms with Crippen molar-refractivity contribution in [2.24, 2.45) is 0 Å². The summed E-state index contributed by atoms with van der Waals surface area (Å²) in [6.07, 6.45) is 6.73. The summed E-state index contributed by atoms with van der Waals surface area (Å²) in [4.78, 5) is 14.3. The number of ether oxygens (including phenoxy) is 1. The van der Waals surface area contributed by atoms with E-state index in [9.17, 15) is 0 Å². The minimum absolute atomic E-state index is 0.245. The Balaban J connectivity index is 1.35. The molecule has 0 aromatic carbocycles. The normalized spacial score (nSPS) is 18.7. The lowest BCUT2D eigenvalue weighted by Crippen LogP contribution is -2.23. The average Bonchev–Trinajstić information content (AvgIpc) is 3.28. The molecule has 1 N–H and O–H groups in total. The number of hydrogen-bond donors (Lipinski definition) is 1. The van der Waals surface area contributed by atoms with Gasteiger partial charge in [-0.25, -0.2) is 4.98 Å². The highest BCUT2D eigenvalue weighted by Gasteiger charge is 2.24. The number of aromatic amines is 1. The van der Waals surface area contributed by atoms with Crippen molar-refractivity contribution in [2.45, 2.75) is 39.5 Å². The first kappa shape index (κ1) is 15.3. The standard InChI is InChI=1S/C17H21N5O2/c1-11-15(12(2)24-21-11)10-23-14-3-6-22(9-14)8-13-7-20-17-16(13)18-4-5-19-17/h4-5,7,14H,3,6,8-10H2,1-2H3,(H,19,20). The summed E-state index contributed by atoms with van der Waals surface area (Å²) in [6.45, 7) is 7.27. The molecule has 0 aliphatic carbocycles. The number of nitrogens with one attached hydrogen (secondary N) is 1. The lowest BCUT2D eigenvalue weighted by molar-refractivity contribution is 0.0453. The van der Waals surface area contributed by atoms with Crippen LogP contribution in [0.4, 0.5) is 0 Å². The van der Waals surface area contributed by atoms with E-state index in [4.69, 9.17) is 9.26 Å². The summed E-state index contributed by atoms with van der Waals surface area (Å²) in [5.41, 5.74) is 4.97. The molecule has 7 heteroatoms. The van der Waals surface area contributed by atoms with Gasteiger partial charge in [0, 0.05) is 49.4 Å². The van der Waals surface area contributed by atoms with Crippen LogP contribution in [-0.2, 0) is 17.9 Å². The van der Waals surface area contributed by atoms with Crippen LogP contribution in [0.5, 0.6) is 0 Å². The van der Waals surface area contributed by atoms with E-state index < -0.39 is 0 Å². The van der Waals surface area contributed by atoms with Gasteiger partial charge in [-0.1, -0.05) is 5.16 Å². The van der Waals surface area contributed by atoms with Gasteiger partial charge in [0.2, 0.25) is 0 Å². The highest BCUT2D eigenvalue weighted by atomic mass is 16.5. The van der Waals surface area contributed by atoms with Crippen LogP contribution in [0.1, 0.15) is 29.0 Å². The fraction of sp³-hybridized carbons (Fsp3) is 0.471. The zero-order valence-corrected chi connectivity index (χ0v) is 14.0. The van der Waals surface area contributed by atoms with Crippen LogP contribution < -0.4 is 0 Å². The van der Waals surface area contributed by atoms with E-state index >= 15 is 0 Å². The molecule has 0 radical (unpaired) electrons. The van der Waals surface area contributed by atoms with E-state index in [1.807, 2.05) is 20.0 Å². The number of rotatable bonds is 5. The molecule has 0 saturated carbocycles. The topological polar surface area (TPSA) is 80.1 Å². The molecule has 0 bridgehead atoms. The molecule has 0 spiro atoms. The van der Waals surface area contributed by atoms with Crippen LogP contribution in [0.2, 0.25) is 0 Å². The van der Waals surface area contributed by atoms with Gasteiger partial charge in [-0.2, -0.15) is 0 Å². The number of nitrogens with zero attached hydrogens (tertiary/aromatic N) is 4. The van der Waals surface area contributed by atoms with E-state index in [1.165, 1.54) is 5.56 Å². The quantitative estimate of drug-likeness (QED) is 0.775. The Morgan fingerprint density at radius 3 is 3.04 bits per heavy atom. The lowest BCUT2D eigenvalue weighted by atomic mass is 10.2. The molecule has 1 aliphatic rings. The third-order valence-corrected chi connectivity index (χ3v) is 4.65. The molecule has 1 atom stereocenters. The van der Waals surface area contributed by atoms with Crippen molar-refractivity contribution >= 4 is 11.2 Å². The van der Waals surface area contributed by atoms with Crippen molar-refractivity contribution in [1.82, 2.24) is 25.0 Å². The van der Waals surface area contributed by atoms with Gasteiger partial charge in [0.15, 0.2) is 5.65 Å². The first-order valence-corrected chi connectivity index (χ1v) is 8.23. The Bertz CT molecular complexity index is 821. The number of hydrogen-bond acceptors (Lipinski definition) is 6. The van der Waals surface area contributed by atoms with Crippen molar-refractivity contribution in [3.05, 3.63) is 41.2 Å². The molecule has 3 aromatic rings. The molecular weight excluding hydrogens is 306 g/mol. The maximum absolute atomic E-state index is 6.07. The average molecular weight is 327 g/mol. The first-order chi connectivity index (χ1) is 11.7. The maximum Gasteiger partial charge on any atom is 0.156 e. The van der Waals surface area contributed by atoms with Crippen LogP contribution in [-0.4, -0.2) is 44.2 Å². The molecule has 1 unspecified atom stereocenters. The largest absolute Gasteiger partial charge is 0.372 e. The van der Waals surface area contributed by atoms with Crippen LogP contribution in [0.15, 0.2) is 23.1 Å². The summed E-state index contributed by atoms with van der Waals surface area (Å²) in [7, 11) is 0. The molecule has 4 heterocycles. The van der Waals surface area contributed by atoms with Gasteiger partial charge >= 0.3 is 0 Å². The molecule has 1 aliphatic heterocycles. The molecule has 7 nitrogen and oxygen atoms in total. The van der Waals surface area contributed by atoms with Crippen molar-refractivity contribution < 1.29 is 9.26 Å². The minimum atomic E-state index is 0.245. The zero-order chi connectivity index (χ0) is 16.5. The van der Waals surface area contributed by atoms with E-state index in [2.05, 4.69) is 25.0 Å². The summed E-state index contributed by atoms with van der Waals surface area (Å²) < 4.78 is 11.3. The third-order valence-electron chi connectivity index (χ3n) is 4.65. The molecule has 1 saturated heterocycles. The number of aromatic nitrogens is 4. The zero-order valence-electron chi connectivity index (χ0n) is 14.0. The van der Waals surface area contributed by atoms with Gasteiger partial charge < -0.3 is 14.2 Å². The van der Waals surface area contributed by atoms with Gasteiger partial charge in [-0.05, 0) is 20.3 Å². The predicted molar refractivity (Wildman–Crippen MR) is 88.3 cm³/mol. The number of aryl methyl sites for hydroxylation is 2. The van der Waals surface area contributed by atoms with Gasteiger partial charge in [0.1, 0.15) is 11.3 Å². The van der Waals surface area contributed by atoms with Gasteiger partial charge in [0.05, 0.1) is 18.4 Å². The van der Waals surface area contributed by atoms with E-state index in [1.54, 1.807) is 12.4 Å². The van der Waals surface area contributed by atoms with E-state index in [-0.39, 0.29) is 6.10 Å². The third kappa shape index (κ3) is 2.92. The lowest BCUT2D eigenvalue weighted by Gasteiger charge is -2.15. The summed E-state index contributed by atoms with van der Waals surface area (Å²) in [5.74, 6) is 0.847. The minimum Gasteiger partial charge on any atom is -0.372 e. The number of likely N-dealkylation sites (tertiary alicyclic amines) is 1. The predicted octanol–water partition coefficient (Wildman–Crippen LogP) is 2.35. The molecule has 0 amide bonds. The molecular formula is C17H21N5O2. The van der Waals surface area contributed by atoms with Crippen LogP contribution in [0.25, 0.3) is 11.2 Å². The molecule has 3 aromatic heterocycles. The van der Waals surface area contributed by atoms with Gasteiger partial charge in [-0.15, -0.1) is 0 Å². The number of fused-ring (bicyclic) bond motifs is 1. The van der Waals surface area contributed by atoms with Crippen LogP contribution in [0.3, 0.4) is 0 Å². The van der Waals surface area contributed by atoms with E-state index in [0.717, 1.165) is 54.2 Å². The number of H-pyrrole nitrogens is 1. The second kappa shape index (κ2) is 6.33. The smallest absolute Gasteiger partial charge is 0.156 e. The highest BCUT2D eigenvalue weighted by Crippen LogP contribution is 2.21. The maximum atomic E-state index is 6.07. The SMILES string of the molecule is Cc1noc(C)c1COC1CCN(Cc2c[nH]c3nccnc23)C1. The Hall–Kier alpha value is -2.25. The van der Waals surface area contributed by atoms with Crippen molar-refractivity contribution in [2.75, 3.05) is 13.1 Å². The highest BCUT2D eigenvalue weighted by molar-refractivity contribution is 5.74. The van der Waals surface area contributed by atoms with Crippen LogP contribution >= 0.6 is 0 Å². The molecule has 126 valence electrons. The van der Waals surface area contributed by atoms with E-state index in [0.29, 0.717) is 6.61 Å². The summed E-state index contributed by atoms with van der Waals surface area (Å²) in [5, 5.41) is 3.97. The Morgan fingerprint density at radius 1 is 1.33 bits per heavy atom. The van der Waals surface area contributed by atoms with Crippen molar-refractivity contribution in [1.29, 1.82) is 0 Å². The van der Waals surface area contributed by atoms with Crippen LogP contribution in [0, 0.1) is 13.8 Å². The molecule has 4 rings (SSSR count). The van der Waals surface area contributed by atoms with Crippen molar-refractivity contribution in [3.8, 4) is 0 Å². The second-order valence-corrected chi connectivity index (χ2v) is 6.33. The fourth-order valence-corrected chi connectivity index (χ4v) is 3.25. The van der Waals surface area contributed by atoms with Crippen molar-refractivity contribution in [3.63, 3.8) is 0 Å². The molecule has 24 heavy (non-hydrogen) atoms. The monoisotopic (exact) mass is 327 g/mol. The Labute approximate surface area is 140 Å².